The topological polar surface area (TPSA) is 68.0 Å². The summed E-state index contributed by atoms with van der Waals surface area (Å²) < 4.78 is 0. The molecular formula is C17H21N3O. The number of aromatic nitrogens is 1. The van der Waals surface area contributed by atoms with Crippen LogP contribution < -0.4 is 11.1 Å². The number of nitrogens with two attached hydrogens (primary N) is 1. The van der Waals surface area contributed by atoms with Gasteiger partial charge in [0.05, 0.1) is 5.92 Å². The highest BCUT2D eigenvalue weighted by atomic mass is 16.1. The van der Waals surface area contributed by atoms with E-state index in [1.807, 2.05) is 48.7 Å². The first-order chi connectivity index (χ1) is 10.3. The molecule has 0 aliphatic carbocycles. The van der Waals surface area contributed by atoms with E-state index in [0.29, 0.717) is 19.5 Å². The molecule has 0 aliphatic rings. The number of hydrogen-bond donors (Lipinski definition) is 2. The van der Waals surface area contributed by atoms with Crippen molar-refractivity contribution in [3.8, 4) is 0 Å². The average Bonchev–Trinajstić information content (AvgIpc) is 2.54. The Balaban J connectivity index is 1.80. The number of hydrogen-bond acceptors (Lipinski definition) is 3. The van der Waals surface area contributed by atoms with Crippen LogP contribution in [0.25, 0.3) is 0 Å². The van der Waals surface area contributed by atoms with Crippen molar-refractivity contribution < 1.29 is 4.79 Å². The number of rotatable bonds is 7. The molecule has 0 saturated heterocycles. The van der Waals surface area contributed by atoms with Gasteiger partial charge < -0.3 is 11.1 Å². The Morgan fingerprint density at radius 1 is 1.14 bits per heavy atom. The molecule has 4 heteroatoms. The van der Waals surface area contributed by atoms with Crippen LogP contribution in [-0.2, 0) is 17.6 Å². The molecule has 1 aromatic heterocycles. The van der Waals surface area contributed by atoms with Gasteiger partial charge in [0.2, 0.25) is 5.91 Å². The summed E-state index contributed by atoms with van der Waals surface area (Å²) in [5, 5.41) is 2.96. The van der Waals surface area contributed by atoms with E-state index >= 15 is 0 Å². The fourth-order valence-corrected chi connectivity index (χ4v) is 2.20. The lowest BCUT2D eigenvalue weighted by atomic mass is 9.98. The molecule has 2 aromatic rings. The second-order valence-corrected chi connectivity index (χ2v) is 5.02. The van der Waals surface area contributed by atoms with Crippen molar-refractivity contribution in [2.24, 2.45) is 11.7 Å². The molecule has 3 N–H and O–H groups in total. The predicted molar refractivity (Wildman–Crippen MR) is 83.6 cm³/mol. The molecular weight excluding hydrogens is 262 g/mol. The number of nitrogens with one attached hydrogen (secondary N) is 1. The summed E-state index contributed by atoms with van der Waals surface area (Å²) >= 11 is 0. The first-order valence-electron chi connectivity index (χ1n) is 7.20. The third-order valence-corrected chi connectivity index (χ3v) is 3.42. The van der Waals surface area contributed by atoms with Crippen LogP contribution in [0.1, 0.15) is 11.1 Å². The van der Waals surface area contributed by atoms with E-state index in [-0.39, 0.29) is 11.8 Å². The monoisotopic (exact) mass is 283 g/mol. The van der Waals surface area contributed by atoms with Gasteiger partial charge in [-0.1, -0.05) is 36.4 Å². The zero-order valence-electron chi connectivity index (χ0n) is 12.0. The summed E-state index contributed by atoms with van der Waals surface area (Å²) in [4.78, 5) is 16.2. The largest absolute Gasteiger partial charge is 0.355 e. The van der Waals surface area contributed by atoms with Crippen LogP contribution in [0.3, 0.4) is 0 Å². The van der Waals surface area contributed by atoms with Crippen LogP contribution >= 0.6 is 0 Å². The number of benzene rings is 1. The quantitative estimate of drug-likeness (QED) is 0.810. The van der Waals surface area contributed by atoms with Crippen molar-refractivity contribution in [1.29, 1.82) is 0 Å². The Labute approximate surface area is 125 Å². The highest BCUT2D eigenvalue weighted by Crippen LogP contribution is 2.08. The van der Waals surface area contributed by atoms with Gasteiger partial charge >= 0.3 is 0 Å². The van der Waals surface area contributed by atoms with E-state index in [2.05, 4.69) is 10.3 Å². The average molecular weight is 283 g/mol. The van der Waals surface area contributed by atoms with Crippen LogP contribution in [0, 0.1) is 5.92 Å². The maximum atomic E-state index is 12.2. The van der Waals surface area contributed by atoms with Gasteiger partial charge in [0.1, 0.15) is 0 Å². The van der Waals surface area contributed by atoms with E-state index in [1.165, 1.54) is 0 Å². The summed E-state index contributed by atoms with van der Waals surface area (Å²) in [5.74, 6) is -0.161. The molecule has 0 fully saturated rings. The van der Waals surface area contributed by atoms with E-state index in [9.17, 15) is 4.79 Å². The fraction of sp³-hybridized carbons (Fsp3) is 0.294. The van der Waals surface area contributed by atoms with Gasteiger partial charge in [-0.15, -0.1) is 0 Å². The summed E-state index contributed by atoms with van der Waals surface area (Å²) in [6.45, 7) is 0.962. The van der Waals surface area contributed by atoms with Crippen molar-refractivity contribution in [3.63, 3.8) is 0 Å². The van der Waals surface area contributed by atoms with Crippen molar-refractivity contribution >= 4 is 5.91 Å². The Kier molecular flexibility index (Phi) is 5.91. The van der Waals surface area contributed by atoms with Crippen molar-refractivity contribution in [2.75, 3.05) is 13.1 Å². The summed E-state index contributed by atoms with van der Waals surface area (Å²) in [6.07, 6.45) is 5.02. The highest BCUT2D eigenvalue weighted by molar-refractivity contribution is 5.79. The molecule has 21 heavy (non-hydrogen) atoms. The maximum Gasteiger partial charge on any atom is 0.224 e. The minimum Gasteiger partial charge on any atom is -0.355 e. The zero-order chi connectivity index (χ0) is 14.9. The molecule has 0 spiro atoms. The van der Waals surface area contributed by atoms with E-state index in [1.54, 1.807) is 6.20 Å². The standard InChI is InChI=1S/C17H21N3O/c18-12-16(11-14-5-2-1-3-6-14)17(21)20-10-8-15-7-4-9-19-13-15/h1-7,9,13,16H,8,10-12,18H2,(H,20,21). The Hall–Kier alpha value is -2.20. The lowest BCUT2D eigenvalue weighted by molar-refractivity contribution is -0.124. The molecule has 4 nitrogen and oxygen atoms in total. The number of amides is 1. The molecule has 2 rings (SSSR count). The normalized spacial score (nSPS) is 11.9. The minimum atomic E-state index is -0.179. The number of nitrogens with zero attached hydrogens (tertiary/aromatic N) is 1. The number of pyridine rings is 1. The first-order valence-corrected chi connectivity index (χ1v) is 7.20. The van der Waals surface area contributed by atoms with Gasteiger partial charge in [-0.2, -0.15) is 0 Å². The molecule has 1 aromatic carbocycles. The van der Waals surface area contributed by atoms with Gasteiger partial charge in [-0.3, -0.25) is 9.78 Å². The predicted octanol–water partition coefficient (Wildman–Crippen LogP) is 1.56. The lowest BCUT2D eigenvalue weighted by Crippen LogP contribution is -2.37. The molecule has 0 aliphatic heterocycles. The van der Waals surface area contributed by atoms with Crippen LogP contribution in [0.15, 0.2) is 54.9 Å². The second-order valence-electron chi connectivity index (χ2n) is 5.02. The van der Waals surface area contributed by atoms with Crippen molar-refractivity contribution in [1.82, 2.24) is 10.3 Å². The van der Waals surface area contributed by atoms with E-state index in [4.69, 9.17) is 5.73 Å². The van der Waals surface area contributed by atoms with Gasteiger partial charge in [-0.05, 0) is 30.0 Å². The van der Waals surface area contributed by atoms with Gasteiger partial charge in [0.25, 0.3) is 0 Å². The SMILES string of the molecule is NCC(Cc1ccccc1)C(=O)NCCc1cccnc1. The van der Waals surface area contributed by atoms with Crippen LogP contribution in [0.4, 0.5) is 0 Å². The highest BCUT2D eigenvalue weighted by Gasteiger charge is 2.16. The van der Waals surface area contributed by atoms with E-state index < -0.39 is 0 Å². The number of carbonyl (C=O) groups excluding carboxylic acids is 1. The summed E-state index contributed by atoms with van der Waals surface area (Å²) in [7, 11) is 0. The fourth-order valence-electron chi connectivity index (χ4n) is 2.20. The van der Waals surface area contributed by atoms with Gasteiger partial charge in [-0.25, -0.2) is 0 Å². The van der Waals surface area contributed by atoms with Crippen molar-refractivity contribution in [2.45, 2.75) is 12.8 Å². The smallest absolute Gasteiger partial charge is 0.224 e. The second kappa shape index (κ2) is 8.17. The molecule has 110 valence electrons. The molecule has 0 bridgehead atoms. The Morgan fingerprint density at radius 3 is 2.57 bits per heavy atom. The third-order valence-electron chi connectivity index (χ3n) is 3.42. The van der Waals surface area contributed by atoms with Crippen LogP contribution in [0.5, 0.6) is 0 Å². The van der Waals surface area contributed by atoms with Crippen molar-refractivity contribution in [3.05, 3.63) is 66.0 Å². The molecule has 0 saturated carbocycles. The number of carbonyl (C=O) groups is 1. The van der Waals surface area contributed by atoms with Gasteiger partial charge in [0, 0.05) is 25.5 Å². The van der Waals surface area contributed by atoms with Gasteiger partial charge in [0.15, 0.2) is 0 Å². The molecule has 1 amide bonds. The Morgan fingerprint density at radius 2 is 1.90 bits per heavy atom. The third kappa shape index (κ3) is 5.00. The Bertz CT molecular complexity index is 542. The minimum absolute atomic E-state index is 0.0187. The summed E-state index contributed by atoms with van der Waals surface area (Å²) in [5.41, 5.74) is 7.98. The molecule has 1 unspecified atom stereocenters. The van der Waals surface area contributed by atoms with Crippen LogP contribution in [-0.4, -0.2) is 24.0 Å². The zero-order valence-corrected chi connectivity index (χ0v) is 12.0. The first kappa shape index (κ1) is 15.2. The van der Waals surface area contributed by atoms with Crippen LogP contribution in [0.2, 0.25) is 0 Å². The molecule has 1 atom stereocenters. The summed E-state index contributed by atoms with van der Waals surface area (Å²) in [6, 6.07) is 13.9. The van der Waals surface area contributed by atoms with E-state index in [0.717, 1.165) is 17.5 Å². The molecule has 1 heterocycles. The lowest BCUT2D eigenvalue weighted by Gasteiger charge is -2.15. The maximum absolute atomic E-state index is 12.2. The molecule has 0 radical (unpaired) electrons.